The van der Waals surface area contributed by atoms with Gasteiger partial charge in [0, 0.05) is 22.3 Å². The van der Waals surface area contributed by atoms with Crippen LogP contribution in [0.25, 0.3) is 43.1 Å². The fourth-order valence-corrected chi connectivity index (χ4v) is 10.1. The van der Waals surface area contributed by atoms with E-state index in [0.717, 1.165) is 59.4 Å². The highest BCUT2D eigenvalue weighted by Crippen LogP contribution is 2.40. The Labute approximate surface area is 416 Å². The normalized spacial score (nSPS) is 14.5. The third kappa shape index (κ3) is 10.6. The first-order chi connectivity index (χ1) is 33.9. The summed E-state index contributed by atoms with van der Waals surface area (Å²) in [6, 6.07) is 44.0. The van der Waals surface area contributed by atoms with Gasteiger partial charge in [0.25, 0.3) is 0 Å². The first-order valence-electron chi connectivity index (χ1n) is 25.7. The number of benzene rings is 8. The molecule has 1 aliphatic heterocycles. The lowest BCUT2D eigenvalue weighted by Gasteiger charge is -2.25. The molecule has 0 N–H and O–H groups in total. The van der Waals surface area contributed by atoms with Crippen LogP contribution in [-0.2, 0) is 82.6 Å². The van der Waals surface area contributed by atoms with Gasteiger partial charge in [-0.25, -0.2) is 0 Å². The van der Waals surface area contributed by atoms with E-state index in [1.807, 2.05) is 0 Å². The van der Waals surface area contributed by atoms with E-state index >= 15 is 0 Å². The van der Waals surface area contributed by atoms with Gasteiger partial charge in [-0.15, -0.1) is 0 Å². The van der Waals surface area contributed by atoms with Crippen molar-refractivity contribution in [2.24, 2.45) is 0 Å². The van der Waals surface area contributed by atoms with Crippen LogP contribution in [0.15, 0.2) is 121 Å². The van der Waals surface area contributed by atoms with Crippen molar-refractivity contribution in [2.75, 3.05) is 13.2 Å². The maximum atomic E-state index is 6.90. The minimum Gasteiger partial charge on any atom is -0.493 e. The molecule has 0 fully saturated rings. The second-order valence-electron chi connectivity index (χ2n) is 21.2. The van der Waals surface area contributed by atoms with Gasteiger partial charge < -0.3 is 28.4 Å². The molecule has 6 heteroatoms. The highest BCUT2D eigenvalue weighted by Gasteiger charge is 2.24. The number of hydrogen-bond acceptors (Lipinski definition) is 6. The predicted octanol–water partition coefficient (Wildman–Crippen LogP) is 16.4. The molecule has 1 aliphatic rings. The molecular formula is C64H72O6. The Morgan fingerprint density at radius 1 is 0.357 bits per heavy atom. The maximum absolute atomic E-state index is 6.90. The van der Waals surface area contributed by atoms with Crippen molar-refractivity contribution in [1.29, 1.82) is 0 Å². The summed E-state index contributed by atoms with van der Waals surface area (Å²) in [5.74, 6) is 1.73. The lowest BCUT2D eigenvalue weighted by Crippen LogP contribution is -2.15. The summed E-state index contributed by atoms with van der Waals surface area (Å²) in [5.41, 5.74) is 11.1. The second-order valence-corrected chi connectivity index (χ2v) is 21.2. The van der Waals surface area contributed by atoms with Crippen molar-refractivity contribution in [3.05, 3.63) is 177 Å². The van der Waals surface area contributed by atoms with Crippen molar-refractivity contribution in [3.8, 4) is 11.5 Å². The minimum atomic E-state index is -0.110. The van der Waals surface area contributed by atoms with Gasteiger partial charge >= 0.3 is 0 Å². The van der Waals surface area contributed by atoms with Crippen LogP contribution in [0.5, 0.6) is 11.5 Å². The molecule has 0 aromatic heterocycles. The van der Waals surface area contributed by atoms with E-state index < -0.39 is 0 Å². The van der Waals surface area contributed by atoms with Crippen LogP contribution < -0.4 is 9.47 Å². The van der Waals surface area contributed by atoms with Gasteiger partial charge in [0.15, 0.2) is 0 Å². The second kappa shape index (κ2) is 21.7. The van der Waals surface area contributed by atoms with E-state index in [1.165, 1.54) is 76.5 Å². The molecule has 9 rings (SSSR count). The Bertz CT molecular complexity index is 2610. The number of hydrogen-bond donors (Lipinski definition) is 0. The largest absolute Gasteiger partial charge is 0.493 e. The van der Waals surface area contributed by atoms with Crippen LogP contribution in [0, 0.1) is 0 Å². The Hall–Kier alpha value is -5.76. The van der Waals surface area contributed by atoms with Crippen molar-refractivity contribution in [1.82, 2.24) is 0 Å². The summed E-state index contributed by atoms with van der Waals surface area (Å²) in [5, 5.41) is 9.36. The third-order valence-corrected chi connectivity index (χ3v) is 14.0. The standard InChI is InChI=1S/C64H72O6/c1-9-11-29-69-61-43-31-47(63(3,4)5)32-44(61)36-66-40-58-51-23-15-19-27-55(51)60(56-28-20-16-24-52(56)58)42-68-38-46-34-48(64(6,7)8)33-45(62(46)70-30-12-10-2)37-67-41-59-53-25-17-13-21-49(53)57(39-65-35-43)50-22-14-18-26-54(50)59/h13-28,31-34H,9-12,29-30,35-42H2,1-8H3. The Kier molecular flexibility index (Phi) is 15.3. The summed E-state index contributed by atoms with van der Waals surface area (Å²) in [4.78, 5) is 0. The average molecular weight is 937 g/mol. The van der Waals surface area contributed by atoms with Gasteiger partial charge in [-0.05, 0) is 124 Å². The molecule has 0 saturated carbocycles. The molecule has 0 amide bonds. The molecular weight excluding hydrogens is 865 g/mol. The zero-order chi connectivity index (χ0) is 48.8. The summed E-state index contributed by atoms with van der Waals surface area (Å²) in [6.07, 6.45) is 4.00. The monoisotopic (exact) mass is 937 g/mol. The first kappa shape index (κ1) is 49.2. The molecule has 0 radical (unpaired) electrons. The Balaban J connectivity index is 1.19. The lowest BCUT2D eigenvalue weighted by molar-refractivity contribution is 0.0984. The zero-order valence-corrected chi connectivity index (χ0v) is 42.9. The predicted molar refractivity (Wildman–Crippen MR) is 288 cm³/mol. The molecule has 1 heterocycles. The van der Waals surface area contributed by atoms with Crippen LogP contribution in [0.4, 0.5) is 0 Å². The average Bonchev–Trinajstić information content (AvgIpc) is 3.35. The van der Waals surface area contributed by atoms with E-state index in [9.17, 15) is 0 Å². The molecule has 6 nitrogen and oxygen atoms in total. The highest BCUT2D eigenvalue weighted by molar-refractivity contribution is 6.06. The maximum Gasteiger partial charge on any atom is 0.130 e. The summed E-state index contributed by atoms with van der Waals surface area (Å²) < 4.78 is 41.1. The molecule has 8 aromatic carbocycles. The van der Waals surface area contributed by atoms with Crippen molar-refractivity contribution < 1.29 is 28.4 Å². The summed E-state index contributed by atoms with van der Waals surface area (Å²) in [6.45, 7) is 22.6. The van der Waals surface area contributed by atoms with Crippen LogP contribution in [0.1, 0.15) is 137 Å². The third-order valence-electron chi connectivity index (χ3n) is 14.0. The fraction of sp³-hybridized carbons (Fsp3) is 0.375. The zero-order valence-electron chi connectivity index (χ0n) is 42.9. The quantitative estimate of drug-likeness (QED) is 0.112. The van der Waals surface area contributed by atoms with Crippen LogP contribution >= 0.6 is 0 Å². The summed E-state index contributed by atoms with van der Waals surface area (Å²) >= 11 is 0. The molecule has 364 valence electrons. The van der Waals surface area contributed by atoms with E-state index in [0.29, 0.717) is 66.1 Å². The highest BCUT2D eigenvalue weighted by atomic mass is 16.5. The fourth-order valence-electron chi connectivity index (χ4n) is 10.1. The molecule has 0 aliphatic carbocycles. The summed E-state index contributed by atoms with van der Waals surface area (Å²) in [7, 11) is 0. The molecule has 0 atom stereocenters. The molecule has 0 saturated heterocycles. The van der Waals surface area contributed by atoms with Crippen LogP contribution in [0.2, 0.25) is 0 Å². The topological polar surface area (TPSA) is 55.4 Å². The van der Waals surface area contributed by atoms with Crippen molar-refractivity contribution >= 4 is 43.1 Å². The van der Waals surface area contributed by atoms with Gasteiger partial charge in [0.1, 0.15) is 11.5 Å². The molecule has 8 aromatic rings. The smallest absolute Gasteiger partial charge is 0.130 e. The Morgan fingerprint density at radius 2 is 0.586 bits per heavy atom. The lowest BCUT2D eigenvalue weighted by atomic mass is 9.84. The van der Waals surface area contributed by atoms with Crippen molar-refractivity contribution in [2.45, 2.75) is 145 Å². The van der Waals surface area contributed by atoms with Gasteiger partial charge in [-0.3, -0.25) is 0 Å². The van der Waals surface area contributed by atoms with Crippen LogP contribution in [-0.4, -0.2) is 13.2 Å². The number of ether oxygens (including phenoxy) is 6. The van der Waals surface area contributed by atoms with E-state index in [-0.39, 0.29) is 10.8 Å². The SMILES string of the molecule is CCCCOc1c2cc(C(C)(C)C)cc1COCc1c3ccccc3c(c3ccccc13)COCc1cc(C(C)(C)C)cc(c1OCCCC)COCc1c3ccccc3c(c3ccccc13)COC2. The molecule has 0 spiro atoms. The van der Waals surface area contributed by atoms with Gasteiger partial charge in [-0.1, -0.05) is 165 Å². The van der Waals surface area contributed by atoms with E-state index in [2.05, 4.69) is 177 Å². The molecule has 0 unspecified atom stereocenters. The Morgan fingerprint density at radius 3 is 0.786 bits per heavy atom. The van der Waals surface area contributed by atoms with Gasteiger partial charge in [0.05, 0.1) is 66.1 Å². The van der Waals surface area contributed by atoms with Gasteiger partial charge in [0.2, 0.25) is 0 Å². The van der Waals surface area contributed by atoms with E-state index in [1.54, 1.807) is 0 Å². The number of unbranched alkanes of at least 4 members (excludes halogenated alkanes) is 2. The molecule has 8 bridgehead atoms. The first-order valence-corrected chi connectivity index (χ1v) is 25.7. The van der Waals surface area contributed by atoms with Crippen molar-refractivity contribution in [3.63, 3.8) is 0 Å². The van der Waals surface area contributed by atoms with Gasteiger partial charge in [-0.2, -0.15) is 0 Å². The molecule has 70 heavy (non-hydrogen) atoms. The van der Waals surface area contributed by atoms with E-state index in [4.69, 9.17) is 28.4 Å². The number of fused-ring (bicyclic) bond motifs is 10. The van der Waals surface area contributed by atoms with Crippen LogP contribution in [0.3, 0.4) is 0 Å². The number of rotatable bonds is 8. The minimum absolute atomic E-state index is 0.110.